The number of hydrogen-bond donors (Lipinski definition) is 1. The maximum absolute atomic E-state index is 12.1. The monoisotopic (exact) mass is 253 g/mol. The van der Waals surface area contributed by atoms with E-state index in [-0.39, 0.29) is 5.63 Å². The Bertz CT molecular complexity index is 851. The Morgan fingerprint density at radius 3 is 2.74 bits per heavy atom. The smallest absolute Gasteiger partial charge is 0.344 e. The zero-order chi connectivity index (χ0) is 12.8. The van der Waals surface area contributed by atoms with Crippen LogP contribution in [0, 0.1) is 0 Å². The van der Waals surface area contributed by atoms with Gasteiger partial charge in [-0.05, 0) is 23.6 Å². The molecule has 3 aromatic rings. The van der Waals surface area contributed by atoms with Crippen LogP contribution in [0.25, 0.3) is 21.7 Å². The molecule has 0 radical (unpaired) electrons. The summed E-state index contributed by atoms with van der Waals surface area (Å²) < 4.78 is 11.0. The molecule has 0 unspecified atom stereocenters. The summed E-state index contributed by atoms with van der Waals surface area (Å²) in [6.07, 6.45) is 0. The SMILES string of the molecule is O=c1oc2c3c(ccc2c2ccccc12)OCNC3. The number of fused-ring (bicyclic) bond motifs is 5. The van der Waals surface area contributed by atoms with E-state index in [1.165, 1.54) is 0 Å². The molecule has 0 bridgehead atoms. The third kappa shape index (κ3) is 1.47. The fraction of sp³-hybridized carbons (Fsp3) is 0.133. The predicted octanol–water partition coefficient (Wildman–Crippen LogP) is 2.39. The number of benzene rings is 2. The molecule has 0 fully saturated rings. The first-order valence-electron chi connectivity index (χ1n) is 6.15. The van der Waals surface area contributed by atoms with Crippen LogP contribution in [-0.2, 0) is 6.54 Å². The molecule has 1 aliphatic rings. The molecule has 0 aliphatic carbocycles. The molecule has 1 N–H and O–H groups in total. The molecule has 19 heavy (non-hydrogen) atoms. The second kappa shape index (κ2) is 3.83. The molecule has 4 heteroatoms. The number of nitrogens with one attached hydrogen (secondary N) is 1. The van der Waals surface area contributed by atoms with Crippen LogP contribution >= 0.6 is 0 Å². The predicted molar refractivity (Wildman–Crippen MR) is 72.3 cm³/mol. The van der Waals surface area contributed by atoms with E-state index in [1.807, 2.05) is 30.3 Å². The van der Waals surface area contributed by atoms with Gasteiger partial charge in [-0.1, -0.05) is 18.2 Å². The van der Waals surface area contributed by atoms with Gasteiger partial charge < -0.3 is 9.15 Å². The van der Waals surface area contributed by atoms with E-state index in [4.69, 9.17) is 9.15 Å². The first-order chi connectivity index (χ1) is 9.34. The van der Waals surface area contributed by atoms with Gasteiger partial charge in [0.05, 0.1) is 10.9 Å². The van der Waals surface area contributed by atoms with Crippen LogP contribution in [0.5, 0.6) is 5.75 Å². The minimum Gasteiger partial charge on any atom is -0.478 e. The summed E-state index contributed by atoms with van der Waals surface area (Å²) in [6, 6.07) is 11.4. The second-order valence-electron chi connectivity index (χ2n) is 4.57. The Morgan fingerprint density at radius 1 is 1.00 bits per heavy atom. The van der Waals surface area contributed by atoms with Gasteiger partial charge >= 0.3 is 5.63 Å². The lowest BCUT2D eigenvalue weighted by Crippen LogP contribution is -2.25. The van der Waals surface area contributed by atoms with Crippen molar-refractivity contribution in [2.45, 2.75) is 6.54 Å². The van der Waals surface area contributed by atoms with Crippen LogP contribution in [0.3, 0.4) is 0 Å². The summed E-state index contributed by atoms with van der Waals surface area (Å²) in [5, 5.41) is 5.59. The van der Waals surface area contributed by atoms with Crippen LogP contribution in [0.4, 0.5) is 0 Å². The van der Waals surface area contributed by atoms with E-state index in [0.29, 0.717) is 24.2 Å². The van der Waals surface area contributed by atoms with Gasteiger partial charge in [-0.25, -0.2) is 4.79 Å². The van der Waals surface area contributed by atoms with E-state index in [9.17, 15) is 4.79 Å². The van der Waals surface area contributed by atoms with Gasteiger partial charge in [-0.15, -0.1) is 0 Å². The van der Waals surface area contributed by atoms with Gasteiger partial charge in [0.25, 0.3) is 0 Å². The first kappa shape index (κ1) is 10.6. The molecule has 0 amide bonds. The van der Waals surface area contributed by atoms with Gasteiger partial charge in [0, 0.05) is 11.9 Å². The van der Waals surface area contributed by atoms with Crippen molar-refractivity contribution in [3.05, 3.63) is 52.4 Å². The third-order valence-electron chi connectivity index (χ3n) is 3.48. The largest absolute Gasteiger partial charge is 0.478 e. The minimum absolute atomic E-state index is 0.304. The van der Waals surface area contributed by atoms with E-state index >= 15 is 0 Å². The Morgan fingerprint density at radius 2 is 1.84 bits per heavy atom. The number of rotatable bonds is 0. The molecule has 1 aromatic heterocycles. The Balaban J connectivity index is 2.22. The van der Waals surface area contributed by atoms with Crippen LogP contribution in [-0.4, -0.2) is 6.73 Å². The standard InChI is InChI=1S/C15H11NO3/c17-15-11-4-2-1-3-9(11)10-5-6-13-12(14(10)19-15)7-16-8-18-13/h1-6,16H,7-8H2. The molecule has 4 rings (SSSR count). The normalized spacial score (nSPS) is 14.3. The highest BCUT2D eigenvalue weighted by Gasteiger charge is 2.17. The molecular formula is C15H11NO3. The lowest BCUT2D eigenvalue weighted by atomic mass is 10.0. The molecule has 2 aromatic carbocycles. The van der Waals surface area contributed by atoms with Crippen molar-refractivity contribution in [1.82, 2.24) is 5.32 Å². The molecule has 4 nitrogen and oxygen atoms in total. The molecular weight excluding hydrogens is 242 g/mol. The van der Waals surface area contributed by atoms with Crippen LogP contribution in [0.1, 0.15) is 5.56 Å². The highest BCUT2D eigenvalue weighted by molar-refractivity contribution is 6.05. The van der Waals surface area contributed by atoms with Gasteiger partial charge in [0.2, 0.25) is 0 Å². The molecule has 1 aliphatic heterocycles. The summed E-state index contributed by atoms with van der Waals surface area (Å²) in [7, 11) is 0. The molecule has 2 heterocycles. The quantitative estimate of drug-likeness (QED) is 0.493. The molecule has 0 saturated heterocycles. The number of ether oxygens (including phenoxy) is 1. The van der Waals surface area contributed by atoms with Crippen LogP contribution in [0.15, 0.2) is 45.6 Å². The summed E-state index contributed by atoms with van der Waals surface area (Å²) in [4.78, 5) is 12.1. The molecule has 94 valence electrons. The van der Waals surface area contributed by atoms with Crippen LogP contribution < -0.4 is 15.7 Å². The van der Waals surface area contributed by atoms with E-state index in [1.54, 1.807) is 6.07 Å². The lowest BCUT2D eigenvalue weighted by molar-refractivity contribution is 0.257. The van der Waals surface area contributed by atoms with Crippen molar-refractivity contribution in [3.8, 4) is 5.75 Å². The summed E-state index contributed by atoms with van der Waals surface area (Å²) in [6.45, 7) is 1.13. The Hall–Kier alpha value is -2.33. The second-order valence-corrected chi connectivity index (χ2v) is 4.57. The van der Waals surface area contributed by atoms with Crippen LogP contribution in [0.2, 0.25) is 0 Å². The fourth-order valence-electron chi connectivity index (χ4n) is 2.59. The zero-order valence-corrected chi connectivity index (χ0v) is 10.1. The molecule has 0 saturated carbocycles. The zero-order valence-electron chi connectivity index (χ0n) is 10.1. The first-order valence-corrected chi connectivity index (χ1v) is 6.15. The average Bonchev–Trinajstić information content (AvgIpc) is 2.47. The lowest BCUT2D eigenvalue weighted by Gasteiger charge is -2.19. The maximum atomic E-state index is 12.1. The van der Waals surface area contributed by atoms with Crippen molar-refractivity contribution >= 4 is 21.7 Å². The van der Waals surface area contributed by atoms with Crippen molar-refractivity contribution in [3.63, 3.8) is 0 Å². The van der Waals surface area contributed by atoms with Crippen molar-refractivity contribution in [2.75, 3.05) is 6.73 Å². The summed E-state index contributed by atoms with van der Waals surface area (Å²) >= 11 is 0. The highest BCUT2D eigenvalue weighted by Crippen LogP contribution is 2.32. The maximum Gasteiger partial charge on any atom is 0.344 e. The Labute approximate surface area is 108 Å². The third-order valence-corrected chi connectivity index (χ3v) is 3.48. The summed E-state index contributed by atoms with van der Waals surface area (Å²) in [5.74, 6) is 0.782. The average molecular weight is 253 g/mol. The Kier molecular flexibility index (Phi) is 2.13. The van der Waals surface area contributed by atoms with Gasteiger partial charge in [-0.2, -0.15) is 0 Å². The van der Waals surface area contributed by atoms with E-state index in [0.717, 1.165) is 22.1 Å². The summed E-state index contributed by atoms with van der Waals surface area (Å²) in [5.41, 5.74) is 1.22. The molecule has 0 spiro atoms. The minimum atomic E-state index is -0.304. The van der Waals surface area contributed by atoms with Crippen molar-refractivity contribution in [2.24, 2.45) is 0 Å². The van der Waals surface area contributed by atoms with Gasteiger partial charge in [0.15, 0.2) is 0 Å². The van der Waals surface area contributed by atoms with E-state index in [2.05, 4.69) is 5.32 Å². The van der Waals surface area contributed by atoms with Crippen molar-refractivity contribution < 1.29 is 9.15 Å². The van der Waals surface area contributed by atoms with Crippen molar-refractivity contribution in [1.29, 1.82) is 0 Å². The molecule has 0 atom stereocenters. The number of hydrogen-bond acceptors (Lipinski definition) is 4. The van der Waals surface area contributed by atoms with Gasteiger partial charge in [0.1, 0.15) is 18.1 Å². The van der Waals surface area contributed by atoms with Gasteiger partial charge in [-0.3, -0.25) is 5.32 Å². The topological polar surface area (TPSA) is 51.5 Å². The fourth-order valence-corrected chi connectivity index (χ4v) is 2.59. The highest BCUT2D eigenvalue weighted by atomic mass is 16.5. The van der Waals surface area contributed by atoms with E-state index < -0.39 is 0 Å².